The van der Waals surface area contributed by atoms with Crippen LogP contribution >= 0.6 is 0 Å². The van der Waals surface area contributed by atoms with Gasteiger partial charge in [-0.3, -0.25) is 14.4 Å². The van der Waals surface area contributed by atoms with E-state index in [4.69, 9.17) is 14.2 Å². The predicted molar refractivity (Wildman–Crippen MR) is 210 cm³/mol. The van der Waals surface area contributed by atoms with Crippen molar-refractivity contribution in [3.8, 4) is 0 Å². The van der Waals surface area contributed by atoms with E-state index in [0.717, 1.165) is 57.8 Å². The van der Waals surface area contributed by atoms with Gasteiger partial charge in [-0.1, -0.05) is 192 Å². The van der Waals surface area contributed by atoms with Crippen LogP contribution in [0, 0.1) is 0 Å². The van der Waals surface area contributed by atoms with E-state index in [9.17, 15) is 14.4 Å². The Morgan fingerprint density at radius 3 is 1.22 bits per heavy atom. The van der Waals surface area contributed by atoms with E-state index in [1.165, 1.54) is 109 Å². The standard InChI is InChI=1S/C44H78O6/c1-4-7-10-13-16-19-21-23-25-28-31-34-37-43(46)49-40-41(39-48-42(45)36-33-30-27-24-18-15-12-9-6-3)50-44(47)38-35-32-29-26-22-20-17-14-11-8-5-2/h9,12,18,24,30,33,41H,4-8,10-11,13-17,19-23,25-29,31-32,34-40H2,1-3H3/b12-9-,24-18-,33-30-. The summed E-state index contributed by atoms with van der Waals surface area (Å²) in [5.41, 5.74) is 0. The van der Waals surface area contributed by atoms with E-state index in [2.05, 4.69) is 45.1 Å². The van der Waals surface area contributed by atoms with Crippen LogP contribution in [0.2, 0.25) is 0 Å². The first-order valence-corrected chi connectivity index (χ1v) is 21.0. The molecule has 290 valence electrons. The lowest BCUT2D eigenvalue weighted by molar-refractivity contribution is -0.166. The van der Waals surface area contributed by atoms with Crippen LogP contribution in [-0.4, -0.2) is 37.2 Å². The van der Waals surface area contributed by atoms with Crippen molar-refractivity contribution in [1.82, 2.24) is 0 Å². The van der Waals surface area contributed by atoms with Gasteiger partial charge in [-0.2, -0.15) is 0 Å². The van der Waals surface area contributed by atoms with E-state index >= 15 is 0 Å². The van der Waals surface area contributed by atoms with Gasteiger partial charge in [0.1, 0.15) is 13.2 Å². The predicted octanol–water partition coefficient (Wildman–Crippen LogP) is 13.0. The van der Waals surface area contributed by atoms with Gasteiger partial charge in [0.2, 0.25) is 0 Å². The van der Waals surface area contributed by atoms with Gasteiger partial charge in [0.15, 0.2) is 6.10 Å². The Hall–Kier alpha value is -2.37. The first-order chi connectivity index (χ1) is 24.5. The van der Waals surface area contributed by atoms with Gasteiger partial charge in [-0.05, 0) is 32.1 Å². The zero-order chi connectivity index (χ0) is 36.6. The van der Waals surface area contributed by atoms with Crippen molar-refractivity contribution in [3.05, 3.63) is 36.5 Å². The molecule has 0 spiro atoms. The van der Waals surface area contributed by atoms with Crippen LogP contribution in [0.4, 0.5) is 0 Å². The Kier molecular flexibility index (Phi) is 37.5. The lowest BCUT2D eigenvalue weighted by Gasteiger charge is -2.18. The Morgan fingerprint density at radius 1 is 0.420 bits per heavy atom. The van der Waals surface area contributed by atoms with Gasteiger partial charge >= 0.3 is 17.9 Å². The van der Waals surface area contributed by atoms with Crippen LogP contribution in [0.15, 0.2) is 36.5 Å². The smallest absolute Gasteiger partial charge is 0.309 e. The minimum atomic E-state index is -0.798. The molecule has 0 aromatic heterocycles. The van der Waals surface area contributed by atoms with Crippen LogP contribution in [-0.2, 0) is 28.6 Å². The highest BCUT2D eigenvalue weighted by Crippen LogP contribution is 2.14. The summed E-state index contributed by atoms with van der Waals surface area (Å²) in [6.07, 6.45) is 43.0. The SMILES string of the molecule is CC/C=C\C/C=C\C/C=C\CC(=O)OCC(COC(=O)CCCCCCCCCCCCCC)OC(=O)CCCCCCCCCCCCC. The molecule has 6 heteroatoms. The zero-order valence-electron chi connectivity index (χ0n) is 32.9. The quantitative estimate of drug-likeness (QED) is 0.0277. The largest absolute Gasteiger partial charge is 0.462 e. The summed E-state index contributed by atoms with van der Waals surface area (Å²) < 4.78 is 16.5. The van der Waals surface area contributed by atoms with Gasteiger partial charge in [0.05, 0.1) is 6.42 Å². The summed E-state index contributed by atoms with van der Waals surface area (Å²) in [5, 5.41) is 0. The number of esters is 3. The second-order valence-electron chi connectivity index (χ2n) is 13.9. The third-order valence-corrected chi connectivity index (χ3v) is 8.94. The van der Waals surface area contributed by atoms with Crippen molar-refractivity contribution >= 4 is 17.9 Å². The molecule has 1 unspecified atom stereocenters. The van der Waals surface area contributed by atoms with Crippen molar-refractivity contribution in [1.29, 1.82) is 0 Å². The van der Waals surface area contributed by atoms with E-state index in [1.807, 2.05) is 6.08 Å². The number of allylic oxidation sites excluding steroid dienone is 5. The van der Waals surface area contributed by atoms with Gasteiger partial charge in [0.25, 0.3) is 0 Å². The number of carbonyl (C=O) groups excluding carboxylic acids is 3. The van der Waals surface area contributed by atoms with Crippen LogP contribution in [0.1, 0.15) is 207 Å². The van der Waals surface area contributed by atoms with E-state index in [1.54, 1.807) is 6.08 Å². The van der Waals surface area contributed by atoms with Crippen molar-refractivity contribution in [3.63, 3.8) is 0 Å². The summed E-state index contributed by atoms with van der Waals surface area (Å²) in [6.45, 7) is 6.40. The highest BCUT2D eigenvalue weighted by atomic mass is 16.6. The number of rotatable bonds is 37. The first kappa shape index (κ1) is 47.6. The van der Waals surface area contributed by atoms with Crippen LogP contribution in [0.25, 0.3) is 0 Å². The van der Waals surface area contributed by atoms with E-state index in [-0.39, 0.29) is 31.6 Å². The molecule has 0 aliphatic carbocycles. The molecule has 0 amide bonds. The molecule has 0 radical (unpaired) electrons. The molecule has 0 saturated carbocycles. The zero-order valence-corrected chi connectivity index (χ0v) is 32.9. The average Bonchev–Trinajstić information content (AvgIpc) is 3.11. The molecule has 0 aromatic rings. The molecule has 0 aliphatic rings. The average molecular weight is 703 g/mol. The maximum absolute atomic E-state index is 12.6. The molecule has 0 aliphatic heterocycles. The third-order valence-electron chi connectivity index (χ3n) is 8.94. The van der Waals surface area contributed by atoms with Crippen molar-refractivity contribution < 1.29 is 28.6 Å². The Morgan fingerprint density at radius 2 is 0.780 bits per heavy atom. The second-order valence-corrected chi connectivity index (χ2v) is 13.9. The molecule has 0 rings (SSSR count). The number of unbranched alkanes of at least 4 members (excludes halogenated alkanes) is 21. The summed E-state index contributed by atoms with van der Waals surface area (Å²) in [4.78, 5) is 37.4. The Balaban J connectivity index is 4.42. The summed E-state index contributed by atoms with van der Waals surface area (Å²) >= 11 is 0. The fourth-order valence-corrected chi connectivity index (χ4v) is 5.80. The fourth-order valence-electron chi connectivity index (χ4n) is 5.80. The minimum Gasteiger partial charge on any atom is -0.462 e. The maximum Gasteiger partial charge on any atom is 0.309 e. The Labute approximate surface area is 308 Å². The van der Waals surface area contributed by atoms with Crippen molar-refractivity contribution in [2.75, 3.05) is 13.2 Å². The molecule has 50 heavy (non-hydrogen) atoms. The topological polar surface area (TPSA) is 78.9 Å². The summed E-state index contributed by atoms with van der Waals surface area (Å²) in [7, 11) is 0. The third kappa shape index (κ3) is 36.9. The Bertz CT molecular complexity index is 861. The van der Waals surface area contributed by atoms with Gasteiger partial charge < -0.3 is 14.2 Å². The number of ether oxygens (including phenoxy) is 3. The van der Waals surface area contributed by atoms with Crippen molar-refractivity contribution in [2.45, 2.75) is 213 Å². The lowest BCUT2D eigenvalue weighted by atomic mass is 10.0. The van der Waals surface area contributed by atoms with Gasteiger partial charge in [-0.15, -0.1) is 0 Å². The number of hydrogen-bond acceptors (Lipinski definition) is 6. The molecule has 0 fully saturated rings. The molecular weight excluding hydrogens is 624 g/mol. The number of hydrogen-bond donors (Lipinski definition) is 0. The molecular formula is C44H78O6. The molecule has 0 N–H and O–H groups in total. The van der Waals surface area contributed by atoms with Crippen LogP contribution in [0.5, 0.6) is 0 Å². The summed E-state index contributed by atoms with van der Waals surface area (Å²) in [5.74, 6) is -1.03. The maximum atomic E-state index is 12.6. The molecule has 1 atom stereocenters. The highest BCUT2D eigenvalue weighted by Gasteiger charge is 2.19. The van der Waals surface area contributed by atoms with Crippen LogP contribution in [0.3, 0.4) is 0 Å². The monoisotopic (exact) mass is 703 g/mol. The van der Waals surface area contributed by atoms with E-state index < -0.39 is 12.1 Å². The van der Waals surface area contributed by atoms with Gasteiger partial charge in [-0.25, -0.2) is 0 Å². The first-order valence-electron chi connectivity index (χ1n) is 21.0. The lowest BCUT2D eigenvalue weighted by Crippen LogP contribution is -2.30. The highest BCUT2D eigenvalue weighted by molar-refractivity contribution is 5.72. The second kappa shape index (κ2) is 39.4. The molecule has 0 bridgehead atoms. The molecule has 0 saturated heterocycles. The molecule has 0 aromatic carbocycles. The fraction of sp³-hybridized carbons (Fsp3) is 0.795. The normalized spacial score (nSPS) is 12.3. The van der Waals surface area contributed by atoms with E-state index in [0.29, 0.717) is 12.8 Å². The molecule has 6 nitrogen and oxygen atoms in total. The minimum absolute atomic E-state index is 0.0958. The van der Waals surface area contributed by atoms with Gasteiger partial charge in [0, 0.05) is 12.8 Å². The number of carbonyl (C=O) groups is 3. The molecule has 0 heterocycles. The van der Waals surface area contributed by atoms with Crippen LogP contribution < -0.4 is 0 Å². The van der Waals surface area contributed by atoms with Crippen molar-refractivity contribution in [2.24, 2.45) is 0 Å². The summed E-state index contributed by atoms with van der Waals surface area (Å²) in [6, 6.07) is 0.